The molecule has 3 nitrogen and oxygen atoms in total. The zero-order valence-corrected chi connectivity index (χ0v) is 10.2. The summed E-state index contributed by atoms with van der Waals surface area (Å²) in [6, 6.07) is 9.15. The van der Waals surface area contributed by atoms with E-state index >= 15 is 0 Å². The second kappa shape index (κ2) is 3.32. The Bertz CT molecular complexity index is 687. The molecule has 0 saturated carbocycles. The molecule has 4 heteroatoms. The van der Waals surface area contributed by atoms with Gasteiger partial charge in [-0.05, 0) is 12.1 Å². The van der Waals surface area contributed by atoms with Crippen molar-refractivity contribution in [2.45, 2.75) is 5.79 Å². The van der Waals surface area contributed by atoms with Crippen LogP contribution in [-0.2, 0) is 15.3 Å². The van der Waals surface area contributed by atoms with Crippen LogP contribution < -0.4 is 0 Å². The predicted octanol–water partition coefficient (Wildman–Crippen LogP) is 2.89. The lowest BCUT2D eigenvalue weighted by Crippen LogP contribution is -2.32. The van der Waals surface area contributed by atoms with Gasteiger partial charge in [-0.1, -0.05) is 29.8 Å². The molecule has 1 fully saturated rings. The average Bonchev–Trinajstić information content (AvgIpc) is 2.96. The summed E-state index contributed by atoms with van der Waals surface area (Å²) < 4.78 is 11.2. The number of hydrogen-bond donors (Lipinski definition) is 0. The molecule has 90 valence electrons. The predicted molar refractivity (Wildman–Crippen MR) is 66.9 cm³/mol. The summed E-state index contributed by atoms with van der Waals surface area (Å²) in [5.74, 6) is -1.35. The van der Waals surface area contributed by atoms with Gasteiger partial charge in [0.1, 0.15) is 0 Å². The van der Waals surface area contributed by atoms with Gasteiger partial charge in [0.2, 0.25) is 5.78 Å². The number of benzene rings is 2. The standard InChI is InChI=1S/C14H9ClO3/c15-11-5-4-9-12-8(11)2-1-3-10(12)14(13(9)16)17-6-7-18-14/h1-5H,6-7H2. The average molecular weight is 261 g/mol. The topological polar surface area (TPSA) is 35.5 Å². The van der Waals surface area contributed by atoms with Gasteiger partial charge < -0.3 is 9.47 Å². The molecule has 2 aromatic carbocycles. The van der Waals surface area contributed by atoms with Crippen molar-refractivity contribution >= 4 is 28.2 Å². The van der Waals surface area contributed by atoms with Gasteiger partial charge in [-0.2, -0.15) is 0 Å². The van der Waals surface area contributed by atoms with Gasteiger partial charge in [-0.15, -0.1) is 0 Å². The molecule has 18 heavy (non-hydrogen) atoms. The first-order valence-corrected chi connectivity index (χ1v) is 6.16. The molecule has 1 aliphatic heterocycles. The third kappa shape index (κ3) is 1.05. The quantitative estimate of drug-likeness (QED) is 0.731. The Morgan fingerprint density at radius 1 is 1.11 bits per heavy atom. The van der Waals surface area contributed by atoms with Crippen molar-refractivity contribution in [3.05, 3.63) is 46.5 Å². The van der Waals surface area contributed by atoms with Crippen LogP contribution in [-0.4, -0.2) is 19.0 Å². The second-order valence-electron chi connectivity index (χ2n) is 4.47. The fourth-order valence-electron chi connectivity index (χ4n) is 2.83. The maximum atomic E-state index is 12.5. The van der Waals surface area contributed by atoms with Crippen LogP contribution in [0.3, 0.4) is 0 Å². The van der Waals surface area contributed by atoms with Crippen LogP contribution >= 0.6 is 11.6 Å². The Labute approximate surface area is 108 Å². The normalized spacial score (nSPS) is 20.2. The Balaban J connectivity index is 2.16. The summed E-state index contributed by atoms with van der Waals surface area (Å²) in [7, 11) is 0. The van der Waals surface area contributed by atoms with E-state index in [1.807, 2.05) is 18.2 Å². The molecule has 2 aromatic rings. The first-order valence-electron chi connectivity index (χ1n) is 5.78. The molecule has 1 aliphatic carbocycles. The summed E-state index contributed by atoms with van der Waals surface area (Å²) in [5.41, 5.74) is 1.41. The fourth-order valence-corrected chi connectivity index (χ4v) is 3.05. The van der Waals surface area contributed by atoms with Gasteiger partial charge in [0.25, 0.3) is 5.79 Å². The van der Waals surface area contributed by atoms with Gasteiger partial charge >= 0.3 is 0 Å². The number of Topliss-reactive ketones (excluding diaryl/α,β-unsaturated/α-hetero) is 1. The lowest BCUT2D eigenvalue weighted by molar-refractivity contribution is -0.122. The highest BCUT2D eigenvalue weighted by Crippen LogP contribution is 2.47. The summed E-state index contributed by atoms with van der Waals surface area (Å²) in [6.45, 7) is 0.869. The Morgan fingerprint density at radius 2 is 1.89 bits per heavy atom. The van der Waals surface area contributed by atoms with E-state index in [4.69, 9.17) is 21.1 Å². The molecule has 4 rings (SSSR count). The minimum Gasteiger partial charge on any atom is -0.337 e. The molecule has 0 radical (unpaired) electrons. The van der Waals surface area contributed by atoms with Crippen molar-refractivity contribution < 1.29 is 14.3 Å². The SMILES string of the molecule is O=C1c2ccc(Cl)c3cccc(c23)C12OCCO2. The van der Waals surface area contributed by atoms with Crippen LogP contribution in [0.4, 0.5) is 0 Å². The number of ether oxygens (including phenoxy) is 2. The number of carbonyl (C=O) groups is 1. The Hall–Kier alpha value is -1.42. The van der Waals surface area contributed by atoms with Crippen molar-refractivity contribution in [2.75, 3.05) is 13.2 Å². The smallest absolute Gasteiger partial charge is 0.262 e. The summed E-state index contributed by atoms with van der Waals surface area (Å²) >= 11 is 6.18. The van der Waals surface area contributed by atoms with Crippen molar-refractivity contribution in [3.63, 3.8) is 0 Å². The van der Waals surface area contributed by atoms with E-state index in [1.54, 1.807) is 12.1 Å². The molecule has 0 aromatic heterocycles. The highest BCUT2D eigenvalue weighted by atomic mass is 35.5. The number of rotatable bonds is 0. The monoisotopic (exact) mass is 260 g/mol. The molecule has 0 unspecified atom stereocenters. The van der Waals surface area contributed by atoms with E-state index < -0.39 is 5.79 Å². The number of hydrogen-bond acceptors (Lipinski definition) is 3. The van der Waals surface area contributed by atoms with Crippen LogP contribution in [0.2, 0.25) is 5.02 Å². The van der Waals surface area contributed by atoms with Crippen LogP contribution in [0.25, 0.3) is 10.8 Å². The zero-order valence-electron chi connectivity index (χ0n) is 9.40. The molecule has 0 bridgehead atoms. The van der Waals surface area contributed by atoms with E-state index in [1.165, 1.54) is 0 Å². The molecule has 0 N–H and O–H groups in total. The van der Waals surface area contributed by atoms with E-state index in [0.717, 1.165) is 16.3 Å². The van der Waals surface area contributed by atoms with Crippen molar-refractivity contribution in [3.8, 4) is 0 Å². The van der Waals surface area contributed by atoms with Crippen LogP contribution in [0.5, 0.6) is 0 Å². The lowest BCUT2D eigenvalue weighted by Gasteiger charge is -2.20. The molecular formula is C14H9ClO3. The molecule has 1 heterocycles. The second-order valence-corrected chi connectivity index (χ2v) is 4.87. The summed E-state index contributed by atoms with van der Waals surface area (Å²) in [6.07, 6.45) is 0. The van der Waals surface area contributed by atoms with E-state index in [9.17, 15) is 4.79 Å². The summed E-state index contributed by atoms with van der Waals surface area (Å²) in [4.78, 5) is 12.5. The Morgan fingerprint density at radius 3 is 2.67 bits per heavy atom. The van der Waals surface area contributed by atoms with Gasteiger partial charge in [-0.25, -0.2) is 0 Å². The molecule has 0 amide bonds. The molecule has 2 aliphatic rings. The number of ketones is 1. The highest BCUT2D eigenvalue weighted by Gasteiger charge is 2.52. The third-order valence-corrected chi connectivity index (χ3v) is 3.91. The zero-order chi connectivity index (χ0) is 12.3. The van der Waals surface area contributed by atoms with Crippen molar-refractivity contribution in [2.24, 2.45) is 0 Å². The van der Waals surface area contributed by atoms with Gasteiger partial charge in [0.05, 0.1) is 13.2 Å². The van der Waals surface area contributed by atoms with Gasteiger partial charge in [0, 0.05) is 26.9 Å². The third-order valence-electron chi connectivity index (χ3n) is 3.58. The maximum absolute atomic E-state index is 12.5. The van der Waals surface area contributed by atoms with E-state index in [0.29, 0.717) is 23.8 Å². The molecule has 1 saturated heterocycles. The maximum Gasteiger partial charge on any atom is 0.262 e. The first-order chi connectivity index (χ1) is 8.74. The van der Waals surface area contributed by atoms with Crippen LogP contribution in [0, 0.1) is 0 Å². The van der Waals surface area contributed by atoms with Gasteiger partial charge in [-0.3, -0.25) is 4.79 Å². The minimum atomic E-state index is -1.23. The number of fused-ring (bicyclic) bond motifs is 1. The first kappa shape index (κ1) is 10.5. The van der Waals surface area contributed by atoms with Crippen LogP contribution in [0.15, 0.2) is 30.3 Å². The Kier molecular flexibility index (Phi) is 1.94. The molecule has 0 atom stereocenters. The fraction of sp³-hybridized carbons (Fsp3) is 0.214. The lowest BCUT2D eigenvalue weighted by atomic mass is 10.0. The molecular weight excluding hydrogens is 252 g/mol. The van der Waals surface area contributed by atoms with Gasteiger partial charge in [0.15, 0.2) is 0 Å². The van der Waals surface area contributed by atoms with Crippen molar-refractivity contribution in [1.82, 2.24) is 0 Å². The minimum absolute atomic E-state index is 0.122. The number of carbonyl (C=O) groups excluding carboxylic acids is 1. The van der Waals surface area contributed by atoms with Crippen LogP contribution in [0.1, 0.15) is 15.9 Å². The summed E-state index contributed by atoms with van der Waals surface area (Å²) in [5, 5.41) is 2.37. The number of halogens is 1. The highest BCUT2D eigenvalue weighted by molar-refractivity contribution is 6.37. The van der Waals surface area contributed by atoms with E-state index in [2.05, 4.69) is 0 Å². The van der Waals surface area contributed by atoms with Crippen molar-refractivity contribution in [1.29, 1.82) is 0 Å². The largest absolute Gasteiger partial charge is 0.337 e. The van der Waals surface area contributed by atoms with E-state index in [-0.39, 0.29) is 5.78 Å². The molecule has 1 spiro atoms.